The fourth-order valence-electron chi connectivity index (χ4n) is 2.83. The van der Waals surface area contributed by atoms with E-state index in [1.54, 1.807) is 12.0 Å². The summed E-state index contributed by atoms with van der Waals surface area (Å²) in [5.74, 6) is 1.57. The lowest BCUT2D eigenvalue weighted by Gasteiger charge is -2.32. The van der Waals surface area contributed by atoms with Crippen molar-refractivity contribution in [2.24, 2.45) is 0 Å². The van der Waals surface area contributed by atoms with Gasteiger partial charge in [-0.3, -0.25) is 4.79 Å². The maximum Gasteiger partial charge on any atom is 0.265 e. The lowest BCUT2D eigenvalue weighted by molar-refractivity contribution is -0.121. The van der Waals surface area contributed by atoms with Gasteiger partial charge in [-0.05, 0) is 43.7 Å². The van der Waals surface area contributed by atoms with Crippen molar-refractivity contribution in [2.75, 3.05) is 23.9 Å². The summed E-state index contributed by atoms with van der Waals surface area (Å²) < 4.78 is 10.8. The highest BCUT2D eigenvalue weighted by Crippen LogP contribution is 2.35. The van der Waals surface area contributed by atoms with E-state index < -0.39 is 0 Å². The van der Waals surface area contributed by atoms with Gasteiger partial charge in [-0.2, -0.15) is 0 Å². The van der Waals surface area contributed by atoms with Crippen LogP contribution in [0.5, 0.6) is 11.5 Å². The van der Waals surface area contributed by atoms with Crippen molar-refractivity contribution in [3.05, 3.63) is 48.0 Å². The molecule has 1 amide bonds. The monoisotopic (exact) mass is 326 g/mol. The van der Waals surface area contributed by atoms with Crippen molar-refractivity contribution in [2.45, 2.75) is 26.4 Å². The molecule has 1 aliphatic rings. The Morgan fingerprint density at radius 2 is 2.08 bits per heavy atom. The topological polar surface area (TPSA) is 50.8 Å². The minimum absolute atomic E-state index is 0.00501. The summed E-state index contributed by atoms with van der Waals surface area (Å²) in [6.45, 7) is 4.78. The number of carbonyl (C=O) groups is 1. The maximum absolute atomic E-state index is 12.0. The first kappa shape index (κ1) is 16.2. The molecule has 2 aromatic rings. The first-order chi connectivity index (χ1) is 11.6. The van der Waals surface area contributed by atoms with Crippen LogP contribution in [0.4, 0.5) is 11.4 Å². The molecule has 0 atom stereocenters. The van der Waals surface area contributed by atoms with E-state index in [4.69, 9.17) is 9.47 Å². The number of nitrogens with zero attached hydrogens (tertiary/aromatic N) is 1. The molecule has 126 valence electrons. The lowest BCUT2D eigenvalue weighted by atomic mass is 10.1. The molecule has 0 fully saturated rings. The second-order valence-corrected chi connectivity index (χ2v) is 6.03. The Kier molecular flexibility index (Phi) is 4.60. The largest absolute Gasteiger partial charge is 0.497 e. The first-order valence-electron chi connectivity index (χ1n) is 8.04. The highest BCUT2D eigenvalue weighted by Gasteiger charge is 2.27. The van der Waals surface area contributed by atoms with Crippen molar-refractivity contribution in [1.29, 1.82) is 0 Å². The highest BCUT2D eigenvalue weighted by molar-refractivity contribution is 5.98. The lowest BCUT2D eigenvalue weighted by Crippen LogP contribution is -2.43. The Bertz CT molecular complexity index is 743. The summed E-state index contributed by atoms with van der Waals surface area (Å²) in [5.41, 5.74) is 2.91. The van der Waals surface area contributed by atoms with Crippen LogP contribution in [-0.4, -0.2) is 25.7 Å². The van der Waals surface area contributed by atoms with Crippen molar-refractivity contribution in [3.63, 3.8) is 0 Å². The molecule has 0 unspecified atom stereocenters. The van der Waals surface area contributed by atoms with Crippen LogP contribution in [0.2, 0.25) is 0 Å². The average molecular weight is 326 g/mol. The third kappa shape index (κ3) is 3.30. The van der Waals surface area contributed by atoms with Gasteiger partial charge in [-0.1, -0.05) is 12.1 Å². The molecule has 0 saturated carbocycles. The van der Waals surface area contributed by atoms with Crippen molar-refractivity contribution in [1.82, 2.24) is 0 Å². The summed E-state index contributed by atoms with van der Waals surface area (Å²) >= 11 is 0. The molecule has 0 saturated heterocycles. The molecular weight excluding hydrogens is 304 g/mol. The predicted octanol–water partition coefficient (Wildman–Crippen LogP) is 3.44. The van der Waals surface area contributed by atoms with Crippen molar-refractivity contribution in [3.8, 4) is 11.5 Å². The summed E-state index contributed by atoms with van der Waals surface area (Å²) in [4.78, 5) is 13.8. The van der Waals surface area contributed by atoms with Gasteiger partial charge >= 0.3 is 0 Å². The second-order valence-electron chi connectivity index (χ2n) is 6.03. The molecule has 24 heavy (non-hydrogen) atoms. The zero-order valence-electron chi connectivity index (χ0n) is 14.2. The van der Waals surface area contributed by atoms with Crippen LogP contribution in [0.15, 0.2) is 42.5 Å². The van der Waals surface area contributed by atoms with E-state index >= 15 is 0 Å². The fourth-order valence-corrected chi connectivity index (χ4v) is 2.83. The minimum atomic E-state index is -0.00501. The van der Waals surface area contributed by atoms with E-state index in [9.17, 15) is 4.79 Å². The van der Waals surface area contributed by atoms with Gasteiger partial charge in [0.2, 0.25) is 0 Å². The zero-order valence-corrected chi connectivity index (χ0v) is 14.2. The number of methoxy groups -OCH3 is 1. The predicted molar refractivity (Wildman–Crippen MR) is 94.9 cm³/mol. The smallest absolute Gasteiger partial charge is 0.265 e. The van der Waals surface area contributed by atoms with Crippen molar-refractivity contribution >= 4 is 17.3 Å². The number of nitrogens with one attached hydrogen (secondary N) is 1. The van der Waals surface area contributed by atoms with Gasteiger partial charge in [0.15, 0.2) is 6.61 Å². The van der Waals surface area contributed by atoms with Crippen LogP contribution in [0.3, 0.4) is 0 Å². The van der Waals surface area contributed by atoms with E-state index in [0.717, 1.165) is 28.4 Å². The van der Waals surface area contributed by atoms with Gasteiger partial charge in [0.25, 0.3) is 5.91 Å². The second kappa shape index (κ2) is 6.83. The molecule has 5 heteroatoms. The van der Waals surface area contributed by atoms with Gasteiger partial charge < -0.3 is 19.7 Å². The van der Waals surface area contributed by atoms with Crippen LogP contribution in [0, 0.1) is 0 Å². The summed E-state index contributed by atoms with van der Waals surface area (Å²) in [5, 5.41) is 3.38. The molecule has 0 radical (unpaired) electrons. The SMILES string of the molecule is COc1cccc(CNc2ccc3c(c2)OCC(=O)N3C(C)C)c1. The normalized spacial score (nSPS) is 13.5. The Morgan fingerprint density at radius 3 is 2.83 bits per heavy atom. The van der Waals surface area contributed by atoms with E-state index in [1.807, 2.05) is 56.3 Å². The van der Waals surface area contributed by atoms with Gasteiger partial charge in [0, 0.05) is 24.3 Å². The van der Waals surface area contributed by atoms with Gasteiger partial charge in [-0.15, -0.1) is 0 Å². The molecule has 0 aromatic heterocycles. The van der Waals surface area contributed by atoms with Crippen LogP contribution in [0.25, 0.3) is 0 Å². The molecule has 0 aliphatic carbocycles. The van der Waals surface area contributed by atoms with Gasteiger partial charge in [-0.25, -0.2) is 0 Å². The van der Waals surface area contributed by atoms with E-state index in [1.165, 1.54) is 0 Å². The van der Waals surface area contributed by atoms with Crippen LogP contribution in [0.1, 0.15) is 19.4 Å². The number of carbonyl (C=O) groups excluding carboxylic acids is 1. The minimum Gasteiger partial charge on any atom is -0.497 e. The zero-order chi connectivity index (χ0) is 17.1. The quantitative estimate of drug-likeness (QED) is 0.914. The van der Waals surface area contributed by atoms with Crippen LogP contribution < -0.4 is 19.7 Å². The molecule has 0 spiro atoms. The third-order valence-corrected chi connectivity index (χ3v) is 3.99. The fraction of sp³-hybridized carbons (Fsp3) is 0.316. The number of fused-ring (bicyclic) bond motifs is 1. The number of benzene rings is 2. The molecule has 5 nitrogen and oxygen atoms in total. The Balaban J connectivity index is 1.75. The highest BCUT2D eigenvalue weighted by atomic mass is 16.5. The molecule has 3 rings (SSSR count). The molecule has 0 bridgehead atoms. The Hall–Kier alpha value is -2.69. The molecule has 1 heterocycles. The Labute approximate surface area is 142 Å². The number of hydrogen-bond donors (Lipinski definition) is 1. The van der Waals surface area contributed by atoms with Gasteiger partial charge in [0.1, 0.15) is 11.5 Å². The Morgan fingerprint density at radius 1 is 1.25 bits per heavy atom. The molecule has 1 aliphatic heterocycles. The number of ether oxygens (including phenoxy) is 2. The summed E-state index contributed by atoms with van der Waals surface area (Å²) in [6, 6.07) is 13.9. The average Bonchev–Trinajstić information content (AvgIpc) is 2.59. The summed E-state index contributed by atoms with van der Waals surface area (Å²) in [7, 11) is 1.66. The van der Waals surface area contributed by atoms with Crippen molar-refractivity contribution < 1.29 is 14.3 Å². The van der Waals surface area contributed by atoms with E-state index in [-0.39, 0.29) is 18.6 Å². The first-order valence-corrected chi connectivity index (χ1v) is 8.04. The van der Waals surface area contributed by atoms with Crippen LogP contribution >= 0.6 is 0 Å². The third-order valence-electron chi connectivity index (χ3n) is 3.99. The van der Waals surface area contributed by atoms with Crippen LogP contribution in [-0.2, 0) is 11.3 Å². The molecule has 1 N–H and O–H groups in total. The molecule has 2 aromatic carbocycles. The summed E-state index contributed by atoms with van der Waals surface area (Å²) in [6.07, 6.45) is 0. The number of amides is 1. The number of rotatable bonds is 5. The number of anilines is 2. The van der Waals surface area contributed by atoms with E-state index in [2.05, 4.69) is 5.32 Å². The van der Waals surface area contributed by atoms with E-state index in [0.29, 0.717) is 6.54 Å². The number of hydrogen-bond acceptors (Lipinski definition) is 4. The van der Waals surface area contributed by atoms with Gasteiger partial charge in [0.05, 0.1) is 12.8 Å². The molecular formula is C19H22N2O3. The maximum atomic E-state index is 12.0. The standard InChI is InChI=1S/C19H22N2O3/c1-13(2)21-17-8-7-15(10-18(17)24-12-19(21)22)20-11-14-5-4-6-16(9-14)23-3/h4-10,13,20H,11-12H2,1-3H3.